The molecule has 1 N–H and O–H groups in total. The van der Waals surface area contributed by atoms with Gasteiger partial charge in [0, 0.05) is 31.2 Å². The van der Waals surface area contributed by atoms with Crippen LogP contribution in [-0.2, 0) is 6.54 Å². The van der Waals surface area contributed by atoms with Crippen molar-refractivity contribution in [3.05, 3.63) is 24.3 Å². The maximum Gasteiger partial charge on any atom is 0.0724 e. The molecule has 0 amide bonds. The van der Waals surface area contributed by atoms with E-state index in [2.05, 4.69) is 29.1 Å². The molecule has 0 aromatic carbocycles. The summed E-state index contributed by atoms with van der Waals surface area (Å²) in [7, 11) is 0. The predicted octanol–water partition coefficient (Wildman–Crippen LogP) is 2.39. The van der Waals surface area contributed by atoms with Crippen molar-refractivity contribution < 1.29 is 0 Å². The van der Waals surface area contributed by atoms with Gasteiger partial charge in [0.25, 0.3) is 0 Å². The standard InChI is InChI=1S/C13H21N3/c1-3-11-4-5-13(10(11)2)16-9-12-8-14-6-7-15-12/h6-8,10-11,13,16H,3-5,9H2,1-2H3. The lowest BCUT2D eigenvalue weighted by Gasteiger charge is -2.20. The van der Waals surface area contributed by atoms with Crippen molar-refractivity contribution in [3.63, 3.8) is 0 Å². The zero-order valence-electron chi connectivity index (χ0n) is 10.2. The van der Waals surface area contributed by atoms with Crippen LogP contribution >= 0.6 is 0 Å². The highest BCUT2D eigenvalue weighted by molar-refractivity contribution is 4.95. The van der Waals surface area contributed by atoms with Crippen molar-refractivity contribution in [2.24, 2.45) is 11.8 Å². The van der Waals surface area contributed by atoms with Gasteiger partial charge in [-0.3, -0.25) is 9.97 Å². The van der Waals surface area contributed by atoms with Crippen LogP contribution in [-0.4, -0.2) is 16.0 Å². The van der Waals surface area contributed by atoms with Crippen molar-refractivity contribution in [2.75, 3.05) is 0 Å². The molecule has 1 aromatic heterocycles. The summed E-state index contributed by atoms with van der Waals surface area (Å²) < 4.78 is 0. The Morgan fingerprint density at radius 3 is 2.88 bits per heavy atom. The average molecular weight is 219 g/mol. The summed E-state index contributed by atoms with van der Waals surface area (Å²) >= 11 is 0. The maximum atomic E-state index is 4.28. The molecular formula is C13H21N3. The fourth-order valence-corrected chi connectivity index (χ4v) is 2.77. The Morgan fingerprint density at radius 2 is 2.25 bits per heavy atom. The molecule has 0 aliphatic heterocycles. The molecule has 1 aliphatic carbocycles. The molecular weight excluding hydrogens is 198 g/mol. The Morgan fingerprint density at radius 1 is 1.38 bits per heavy atom. The van der Waals surface area contributed by atoms with Gasteiger partial charge >= 0.3 is 0 Å². The first-order valence-corrected chi connectivity index (χ1v) is 6.29. The molecule has 2 rings (SSSR count). The third kappa shape index (κ3) is 2.59. The third-order valence-electron chi connectivity index (χ3n) is 3.91. The SMILES string of the molecule is CCC1CCC(NCc2cnccn2)C1C. The molecule has 3 heteroatoms. The molecule has 3 unspecified atom stereocenters. The Bertz CT molecular complexity index is 312. The van der Waals surface area contributed by atoms with Crippen LogP contribution in [0.1, 0.15) is 38.8 Å². The number of hydrogen-bond donors (Lipinski definition) is 1. The van der Waals surface area contributed by atoms with Crippen LogP contribution in [0.25, 0.3) is 0 Å². The minimum Gasteiger partial charge on any atom is -0.308 e. The van der Waals surface area contributed by atoms with Crippen LogP contribution in [0.5, 0.6) is 0 Å². The van der Waals surface area contributed by atoms with E-state index in [4.69, 9.17) is 0 Å². The zero-order valence-corrected chi connectivity index (χ0v) is 10.2. The number of aromatic nitrogens is 2. The second-order valence-electron chi connectivity index (χ2n) is 4.79. The molecule has 0 radical (unpaired) electrons. The Hall–Kier alpha value is -0.960. The highest BCUT2D eigenvalue weighted by Crippen LogP contribution is 2.33. The molecule has 1 fully saturated rings. The first kappa shape index (κ1) is 11.5. The molecule has 1 saturated carbocycles. The van der Waals surface area contributed by atoms with Gasteiger partial charge in [0.05, 0.1) is 5.69 Å². The normalized spacial score (nSPS) is 29.5. The van der Waals surface area contributed by atoms with E-state index in [0.717, 1.165) is 24.1 Å². The lowest BCUT2D eigenvalue weighted by Crippen LogP contribution is -2.32. The largest absolute Gasteiger partial charge is 0.308 e. The van der Waals surface area contributed by atoms with Crippen molar-refractivity contribution in [1.82, 2.24) is 15.3 Å². The second-order valence-corrected chi connectivity index (χ2v) is 4.79. The molecule has 1 heterocycles. The van der Waals surface area contributed by atoms with Crippen molar-refractivity contribution in [1.29, 1.82) is 0 Å². The van der Waals surface area contributed by atoms with Gasteiger partial charge in [-0.15, -0.1) is 0 Å². The molecule has 0 spiro atoms. The summed E-state index contributed by atoms with van der Waals surface area (Å²) in [5.74, 6) is 1.70. The van der Waals surface area contributed by atoms with Crippen LogP contribution in [0.2, 0.25) is 0 Å². The van der Waals surface area contributed by atoms with Gasteiger partial charge in [-0.2, -0.15) is 0 Å². The lowest BCUT2D eigenvalue weighted by atomic mass is 9.93. The van der Waals surface area contributed by atoms with E-state index in [1.54, 1.807) is 12.4 Å². The fraction of sp³-hybridized carbons (Fsp3) is 0.692. The summed E-state index contributed by atoms with van der Waals surface area (Å²) in [6.07, 6.45) is 9.29. The van der Waals surface area contributed by atoms with Crippen LogP contribution in [0, 0.1) is 11.8 Å². The van der Waals surface area contributed by atoms with Crippen molar-refractivity contribution in [3.8, 4) is 0 Å². The molecule has 1 aromatic rings. The van der Waals surface area contributed by atoms with E-state index >= 15 is 0 Å². The number of rotatable bonds is 4. The molecule has 16 heavy (non-hydrogen) atoms. The fourth-order valence-electron chi connectivity index (χ4n) is 2.77. The Kier molecular flexibility index (Phi) is 3.88. The Balaban J connectivity index is 1.83. The molecule has 3 nitrogen and oxygen atoms in total. The summed E-state index contributed by atoms with van der Waals surface area (Å²) in [4.78, 5) is 8.36. The molecule has 88 valence electrons. The van der Waals surface area contributed by atoms with Gasteiger partial charge < -0.3 is 5.32 Å². The van der Waals surface area contributed by atoms with Gasteiger partial charge in [0.1, 0.15) is 0 Å². The van der Waals surface area contributed by atoms with Crippen molar-refractivity contribution in [2.45, 2.75) is 45.7 Å². The minimum absolute atomic E-state index is 0.659. The quantitative estimate of drug-likeness (QED) is 0.845. The average Bonchev–Trinajstić information content (AvgIpc) is 2.69. The number of nitrogens with one attached hydrogen (secondary N) is 1. The van der Waals surface area contributed by atoms with Gasteiger partial charge in [-0.05, 0) is 24.7 Å². The van der Waals surface area contributed by atoms with Gasteiger partial charge in [-0.1, -0.05) is 20.3 Å². The van der Waals surface area contributed by atoms with Crippen LogP contribution in [0.4, 0.5) is 0 Å². The maximum absolute atomic E-state index is 4.28. The zero-order chi connectivity index (χ0) is 11.4. The first-order chi connectivity index (χ1) is 7.81. The number of hydrogen-bond acceptors (Lipinski definition) is 3. The molecule has 0 saturated heterocycles. The number of nitrogens with zero attached hydrogens (tertiary/aromatic N) is 2. The molecule has 1 aliphatic rings. The topological polar surface area (TPSA) is 37.8 Å². The third-order valence-corrected chi connectivity index (χ3v) is 3.91. The van der Waals surface area contributed by atoms with E-state index in [1.165, 1.54) is 19.3 Å². The Labute approximate surface area is 97.7 Å². The van der Waals surface area contributed by atoms with Crippen LogP contribution < -0.4 is 5.32 Å². The van der Waals surface area contributed by atoms with E-state index < -0.39 is 0 Å². The van der Waals surface area contributed by atoms with Gasteiger partial charge in [0.2, 0.25) is 0 Å². The summed E-state index contributed by atoms with van der Waals surface area (Å²) in [6.45, 7) is 5.51. The summed E-state index contributed by atoms with van der Waals surface area (Å²) in [5, 5.41) is 3.61. The highest BCUT2D eigenvalue weighted by atomic mass is 14.9. The van der Waals surface area contributed by atoms with E-state index in [0.29, 0.717) is 6.04 Å². The van der Waals surface area contributed by atoms with E-state index in [9.17, 15) is 0 Å². The molecule has 3 atom stereocenters. The van der Waals surface area contributed by atoms with Gasteiger partial charge in [-0.25, -0.2) is 0 Å². The highest BCUT2D eigenvalue weighted by Gasteiger charge is 2.30. The first-order valence-electron chi connectivity index (χ1n) is 6.29. The van der Waals surface area contributed by atoms with Gasteiger partial charge in [0.15, 0.2) is 0 Å². The van der Waals surface area contributed by atoms with Crippen LogP contribution in [0.15, 0.2) is 18.6 Å². The minimum atomic E-state index is 0.659. The predicted molar refractivity (Wildman–Crippen MR) is 64.8 cm³/mol. The van der Waals surface area contributed by atoms with E-state index in [-0.39, 0.29) is 0 Å². The second kappa shape index (κ2) is 5.39. The smallest absolute Gasteiger partial charge is 0.0724 e. The van der Waals surface area contributed by atoms with E-state index in [1.807, 2.05) is 6.20 Å². The van der Waals surface area contributed by atoms with Crippen LogP contribution in [0.3, 0.4) is 0 Å². The lowest BCUT2D eigenvalue weighted by molar-refractivity contribution is 0.343. The molecule has 0 bridgehead atoms. The summed E-state index contributed by atoms with van der Waals surface area (Å²) in [6, 6.07) is 0.659. The monoisotopic (exact) mass is 219 g/mol. The summed E-state index contributed by atoms with van der Waals surface area (Å²) in [5.41, 5.74) is 1.04. The van der Waals surface area contributed by atoms with Crippen molar-refractivity contribution >= 4 is 0 Å².